The summed E-state index contributed by atoms with van der Waals surface area (Å²) in [5.74, 6) is 1.41. The van der Waals surface area contributed by atoms with Crippen LogP contribution in [0.5, 0.6) is 5.88 Å². The lowest BCUT2D eigenvalue weighted by molar-refractivity contribution is 0.390. The van der Waals surface area contributed by atoms with Gasteiger partial charge in [0.05, 0.1) is 7.11 Å². The van der Waals surface area contributed by atoms with Gasteiger partial charge in [-0.1, -0.05) is 6.42 Å². The fraction of sp³-hybridized carbons (Fsp3) is 0.714. The van der Waals surface area contributed by atoms with Gasteiger partial charge in [-0.2, -0.15) is 4.98 Å². The highest BCUT2D eigenvalue weighted by Gasteiger charge is 2.18. The summed E-state index contributed by atoms with van der Waals surface area (Å²) in [4.78, 5) is 11.2. The van der Waals surface area contributed by atoms with Gasteiger partial charge in [-0.3, -0.25) is 0 Å². The number of nitrogens with one attached hydrogen (secondary N) is 1. The lowest BCUT2D eigenvalue weighted by Crippen LogP contribution is -2.44. The maximum atomic E-state index is 5.23. The Labute approximate surface area is 115 Å². The zero-order valence-corrected chi connectivity index (χ0v) is 12.1. The Morgan fingerprint density at radius 2 is 2.26 bits per heavy atom. The molecule has 1 atom stereocenters. The fourth-order valence-corrected chi connectivity index (χ4v) is 2.47. The third-order valence-electron chi connectivity index (χ3n) is 3.55. The topological polar surface area (TPSA) is 50.3 Å². The van der Waals surface area contributed by atoms with Crippen LogP contribution >= 0.6 is 0 Å². The number of ether oxygens (including phenoxy) is 1. The Bertz CT molecular complexity index is 404. The molecule has 0 aromatic carbocycles. The van der Waals surface area contributed by atoms with Crippen LogP contribution in [0.15, 0.2) is 6.07 Å². The van der Waals surface area contributed by atoms with Crippen molar-refractivity contribution in [3.8, 4) is 5.88 Å². The van der Waals surface area contributed by atoms with Gasteiger partial charge in [0.1, 0.15) is 0 Å². The number of hydrogen-bond donors (Lipinski definition) is 1. The molecule has 5 nitrogen and oxygen atoms in total. The normalized spacial score (nSPS) is 19.2. The number of rotatable bonds is 5. The molecule has 0 spiro atoms. The highest BCUT2D eigenvalue weighted by Crippen LogP contribution is 2.17. The van der Waals surface area contributed by atoms with Crippen molar-refractivity contribution >= 4 is 5.95 Å². The lowest BCUT2D eigenvalue weighted by atomic mass is 10.0. The molecule has 0 radical (unpaired) electrons. The second-order valence-corrected chi connectivity index (χ2v) is 5.04. The summed E-state index contributed by atoms with van der Waals surface area (Å²) < 4.78 is 5.23. The van der Waals surface area contributed by atoms with Crippen LogP contribution in [-0.4, -0.2) is 42.8 Å². The Kier molecular flexibility index (Phi) is 4.96. The molecule has 1 aliphatic rings. The lowest BCUT2D eigenvalue weighted by Gasteiger charge is -2.30. The molecule has 1 saturated heterocycles. The number of aromatic nitrogens is 2. The highest BCUT2D eigenvalue weighted by atomic mass is 16.5. The zero-order chi connectivity index (χ0) is 13.7. The van der Waals surface area contributed by atoms with E-state index in [9.17, 15) is 0 Å². The number of nitrogens with zero attached hydrogens (tertiary/aromatic N) is 3. The van der Waals surface area contributed by atoms with Crippen LogP contribution in [0.4, 0.5) is 5.95 Å². The maximum Gasteiger partial charge on any atom is 0.228 e. The molecule has 1 N–H and O–H groups in total. The van der Waals surface area contributed by atoms with Crippen molar-refractivity contribution < 1.29 is 4.74 Å². The average Bonchev–Trinajstić information content (AvgIpc) is 2.45. The predicted octanol–water partition coefficient (Wildman–Crippen LogP) is 1.76. The van der Waals surface area contributed by atoms with E-state index < -0.39 is 0 Å². The van der Waals surface area contributed by atoms with E-state index in [1.165, 1.54) is 19.3 Å². The molecule has 106 valence electrons. The quantitative estimate of drug-likeness (QED) is 0.878. The van der Waals surface area contributed by atoms with Crippen LogP contribution in [0.3, 0.4) is 0 Å². The van der Waals surface area contributed by atoms with Crippen molar-refractivity contribution in [2.75, 3.05) is 31.6 Å². The van der Waals surface area contributed by atoms with E-state index >= 15 is 0 Å². The monoisotopic (exact) mass is 264 g/mol. The molecule has 2 heterocycles. The van der Waals surface area contributed by atoms with E-state index in [4.69, 9.17) is 4.74 Å². The van der Waals surface area contributed by atoms with Gasteiger partial charge in [-0.05, 0) is 33.2 Å². The summed E-state index contributed by atoms with van der Waals surface area (Å²) in [5.41, 5.74) is 0.942. The first-order valence-corrected chi connectivity index (χ1v) is 7.11. The van der Waals surface area contributed by atoms with Gasteiger partial charge < -0.3 is 15.0 Å². The van der Waals surface area contributed by atoms with Crippen molar-refractivity contribution in [2.24, 2.45) is 0 Å². The van der Waals surface area contributed by atoms with Crippen LogP contribution in [0, 0.1) is 6.92 Å². The second-order valence-electron chi connectivity index (χ2n) is 5.04. The fourth-order valence-electron chi connectivity index (χ4n) is 2.47. The number of likely N-dealkylation sites (N-methyl/N-ethyl adjacent to an activating group) is 1. The number of piperidine rings is 1. The minimum atomic E-state index is 0.545. The Hall–Kier alpha value is -1.36. The van der Waals surface area contributed by atoms with E-state index in [0.29, 0.717) is 11.9 Å². The summed E-state index contributed by atoms with van der Waals surface area (Å²) >= 11 is 0. The molecule has 0 amide bonds. The van der Waals surface area contributed by atoms with Gasteiger partial charge in [0.2, 0.25) is 11.8 Å². The van der Waals surface area contributed by atoms with Gasteiger partial charge in [0, 0.05) is 30.9 Å². The first-order valence-electron chi connectivity index (χ1n) is 7.11. The number of aryl methyl sites for hydroxylation is 1. The molecule has 1 fully saturated rings. The molecule has 0 bridgehead atoms. The minimum Gasteiger partial charge on any atom is -0.481 e. The maximum absolute atomic E-state index is 5.23. The van der Waals surface area contributed by atoms with E-state index in [1.54, 1.807) is 7.11 Å². The van der Waals surface area contributed by atoms with Crippen molar-refractivity contribution in [3.63, 3.8) is 0 Å². The smallest absolute Gasteiger partial charge is 0.228 e. The Morgan fingerprint density at radius 1 is 1.42 bits per heavy atom. The van der Waals surface area contributed by atoms with Crippen molar-refractivity contribution in [1.82, 2.24) is 15.3 Å². The standard InChI is InChI=1S/C14H24N4O/c1-4-18(10-12-7-5-6-8-15-12)14-16-11(2)9-13(17-14)19-3/h9,12,15H,4-8,10H2,1-3H3. The Balaban J connectivity index is 2.09. The molecule has 1 aliphatic heterocycles. The van der Waals surface area contributed by atoms with Crippen LogP contribution in [0.25, 0.3) is 0 Å². The molecule has 1 unspecified atom stereocenters. The predicted molar refractivity (Wildman–Crippen MR) is 76.8 cm³/mol. The van der Waals surface area contributed by atoms with Crippen molar-refractivity contribution in [1.29, 1.82) is 0 Å². The van der Waals surface area contributed by atoms with Crippen molar-refractivity contribution in [3.05, 3.63) is 11.8 Å². The zero-order valence-electron chi connectivity index (χ0n) is 12.1. The van der Waals surface area contributed by atoms with Gasteiger partial charge in [-0.25, -0.2) is 4.98 Å². The first kappa shape index (κ1) is 14.1. The molecule has 2 rings (SSSR count). The summed E-state index contributed by atoms with van der Waals surface area (Å²) in [6, 6.07) is 2.40. The van der Waals surface area contributed by atoms with Gasteiger partial charge in [-0.15, -0.1) is 0 Å². The minimum absolute atomic E-state index is 0.545. The summed E-state index contributed by atoms with van der Waals surface area (Å²) in [5, 5.41) is 3.57. The van der Waals surface area contributed by atoms with Gasteiger partial charge in [0.15, 0.2) is 0 Å². The Morgan fingerprint density at radius 3 is 2.89 bits per heavy atom. The molecule has 0 saturated carbocycles. The molecule has 1 aromatic rings. The molecular weight excluding hydrogens is 240 g/mol. The molecule has 0 aliphatic carbocycles. The van der Waals surface area contributed by atoms with Crippen LogP contribution in [0.1, 0.15) is 31.9 Å². The van der Waals surface area contributed by atoms with E-state index in [-0.39, 0.29) is 0 Å². The largest absolute Gasteiger partial charge is 0.481 e. The van der Waals surface area contributed by atoms with Crippen LogP contribution in [-0.2, 0) is 0 Å². The number of methoxy groups -OCH3 is 1. The van der Waals surface area contributed by atoms with Crippen molar-refractivity contribution in [2.45, 2.75) is 39.2 Å². The van der Waals surface area contributed by atoms with Gasteiger partial charge >= 0.3 is 0 Å². The molecule has 19 heavy (non-hydrogen) atoms. The molecule has 1 aromatic heterocycles. The van der Waals surface area contributed by atoms with E-state index in [2.05, 4.69) is 27.1 Å². The van der Waals surface area contributed by atoms with E-state index in [0.717, 1.165) is 31.3 Å². The average molecular weight is 264 g/mol. The first-order chi connectivity index (χ1) is 9.22. The number of hydrogen-bond acceptors (Lipinski definition) is 5. The SMILES string of the molecule is CCN(CC1CCCCN1)c1nc(C)cc(OC)n1. The molecule has 5 heteroatoms. The molecular formula is C14H24N4O. The van der Waals surface area contributed by atoms with E-state index in [1.807, 2.05) is 13.0 Å². The second kappa shape index (κ2) is 6.70. The third-order valence-corrected chi connectivity index (χ3v) is 3.55. The third kappa shape index (κ3) is 3.80. The summed E-state index contributed by atoms with van der Waals surface area (Å²) in [6.07, 6.45) is 3.84. The van der Waals surface area contributed by atoms with Gasteiger partial charge in [0.25, 0.3) is 0 Å². The summed E-state index contributed by atoms with van der Waals surface area (Å²) in [7, 11) is 1.64. The highest BCUT2D eigenvalue weighted by molar-refractivity contribution is 5.34. The number of anilines is 1. The summed E-state index contributed by atoms with van der Waals surface area (Å²) in [6.45, 7) is 7.11. The van der Waals surface area contributed by atoms with Crippen LogP contribution < -0.4 is 15.0 Å². The van der Waals surface area contributed by atoms with Crippen LogP contribution in [0.2, 0.25) is 0 Å².